The highest BCUT2D eigenvalue weighted by atomic mass is 16.1. The molecule has 1 saturated carbocycles. The van der Waals surface area contributed by atoms with Crippen LogP contribution in [-0.4, -0.2) is 38.1 Å². The average molecular weight is 368 g/mol. The molecule has 1 amide bonds. The molecule has 0 aromatic heterocycles. The summed E-state index contributed by atoms with van der Waals surface area (Å²) in [4.78, 5) is 12.3. The molecule has 0 saturated heterocycles. The highest BCUT2D eigenvalue weighted by Gasteiger charge is 2.11. The highest BCUT2D eigenvalue weighted by Crippen LogP contribution is 2.17. The van der Waals surface area contributed by atoms with Gasteiger partial charge in [-0.3, -0.25) is 4.79 Å². The van der Waals surface area contributed by atoms with Crippen molar-refractivity contribution in [2.75, 3.05) is 26.2 Å². The van der Waals surface area contributed by atoms with Crippen molar-refractivity contribution in [2.45, 2.75) is 51.0 Å². The van der Waals surface area contributed by atoms with Crippen LogP contribution in [0, 0.1) is 0 Å². The maximum Gasteiger partial charge on any atom is 0.251 e. The Morgan fingerprint density at radius 2 is 1.63 bits per heavy atom. The Bertz CT molecular complexity index is 710. The van der Waals surface area contributed by atoms with Gasteiger partial charge in [0.15, 0.2) is 0 Å². The second kappa shape index (κ2) is 11.1. The number of amides is 1. The van der Waals surface area contributed by atoms with Crippen molar-refractivity contribution in [3.63, 3.8) is 0 Å². The van der Waals surface area contributed by atoms with Gasteiger partial charge in [0, 0.05) is 31.2 Å². The first-order chi connectivity index (χ1) is 13.3. The number of rotatable bonds is 10. The largest absolute Gasteiger partial charge is 0.352 e. The zero-order valence-corrected chi connectivity index (χ0v) is 16.3. The molecule has 3 N–H and O–H groups in total. The van der Waals surface area contributed by atoms with Gasteiger partial charge in [-0.05, 0) is 55.1 Å². The lowest BCUT2D eigenvalue weighted by Crippen LogP contribution is -2.36. The van der Waals surface area contributed by atoms with Gasteiger partial charge in [0.2, 0.25) is 0 Å². The maximum absolute atomic E-state index is 12.3. The summed E-state index contributed by atoms with van der Waals surface area (Å²) < 4.78 is 0. The second-order valence-electron chi connectivity index (χ2n) is 7.56. The molecule has 0 atom stereocenters. The number of fused-ring (bicyclic) bond motifs is 1. The van der Waals surface area contributed by atoms with E-state index in [0.29, 0.717) is 0 Å². The maximum atomic E-state index is 12.3. The fraction of sp³-hybridized carbons (Fsp3) is 0.522. The zero-order chi connectivity index (χ0) is 18.7. The van der Waals surface area contributed by atoms with Crippen LogP contribution < -0.4 is 16.0 Å². The molecular weight excluding hydrogens is 334 g/mol. The summed E-state index contributed by atoms with van der Waals surface area (Å²) in [5, 5.41) is 12.4. The number of nitrogens with one attached hydrogen (secondary N) is 3. The predicted octanol–water partition coefficient (Wildman–Crippen LogP) is 3.86. The van der Waals surface area contributed by atoms with Gasteiger partial charge in [-0.1, -0.05) is 49.6 Å². The minimum Gasteiger partial charge on any atom is -0.352 e. The number of carbonyl (C=O) groups excluding carboxylic acids is 1. The van der Waals surface area contributed by atoms with E-state index in [4.69, 9.17) is 0 Å². The van der Waals surface area contributed by atoms with Crippen LogP contribution in [0.5, 0.6) is 0 Å². The molecule has 3 rings (SSSR count). The summed E-state index contributed by atoms with van der Waals surface area (Å²) >= 11 is 0. The molecule has 27 heavy (non-hydrogen) atoms. The Labute approximate surface area is 163 Å². The molecule has 146 valence electrons. The molecule has 2 aromatic carbocycles. The van der Waals surface area contributed by atoms with Gasteiger partial charge in [0.25, 0.3) is 5.91 Å². The van der Waals surface area contributed by atoms with Crippen LogP contribution in [0.4, 0.5) is 0 Å². The monoisotopic (exact) mass is 367 g/mol. The van der Waals surface area contributed by atoms with E-state index >= 15 is 0 Å². The fourth-order valence-electron chi connectivity index (χ4n) is 3.81. The zero-order valence-electron chi connectivity index (χ0n) is 16.3. The number of benzene rings is 2. The number of unbranched alkanes of at least 4 members (excludes halogenated alkanes) is 1. The third-order valence-electron chi connectivity index (χ3n) is 5.42. The van der Waals surface area contributed by atoms with E-state index in [9.17, 15) is 4.79 Å². The topological polar surface area (TPSA) is 53.2 Å². The summed E-state index contributed by atoms with van der Waals surface area (Å²) in [6.45, 7) is 3.83. The van der Waals surface area contributed by atoms with E-state index in [1.165, 1.54) is 32.1 Å². The highest BCUT2D eigenvalue weighted by molar-refractivity contribution is 5.98. The van der Waals surface area contributed by atoms with E-state index in [2.05, 4.69) is 22.0 Å². The Kier molecular flexibility index (Phi) is 8.12. The van der Waals surface area contributed by atoms with Gasteiger partial charge in [-0.15, -0.1) is 0 Å². The SMILES string of the molecule is O=C(NCCCCNCCNC1CCCCC1)c1ccc2ccccc2c1. The van der Waals surface area contributed by atoms with Crippen molar-refractivity contribution >= 4 is 16.7 Å². The van der Waals surface area contributed by atoms with Crippen LogP contribution in [0.15, 0.2) is 42.5 Å². The molecule has 0 aliphatic heterocycles. The Balaban J connectivity index is 1.22. The minimum atomic E-state index is 0.0189. The van der Waals surface area contributed by atoms with Crippen molar-refractivity contribution in [3.05, 3.63) is 48.0 Å². The molecular formula is C23H33N3O. The molecule has 1 aliphatic rings. The summed E-state index contributed by atoms with van der Waals surface area (Å²) in [6.07, 6.45) is 8.96. The summed E-state index contributed by atoms with van der Waals surface area (Å²) in [6, 6.07) is 14.7. The third-order valence-corrected chi connectivity index (χ3v) is 5.42. The van der Waals surface area contributed by atoms with E-state index in [1.807, 2.05) is 36.4 Å². The molecule has 0 heterocycles. The molecule has 1 fully saturated rings. The van der Waals surface area contributed by atoms with E-state index in [1.54, 1.807) is 0 Å². The van der Waals surface area contributed by atoms with Crippen LogP contribution in [0.3, 0.4) is 0 Å². The van der Waals surface area contributed by atoms with E-state index in [-0.39, 0.29) is 5.91 Å². The van der Waals surface area contributed by atoms with Crippen molar-refractivity contribution in [1.82, 2.24) is 16.0 Å². The number of hydrogen-bond donors (Lipinski definition) is 3. The quantitative estimate of drug-likeness (QED) is 0.559. The summed E-state index contributed by atoms with van der Waals surface area (Å²) in [5.74, 6) is 0.0189. The Hall–Kier alpha value is -1.91. The standard InChI is InChI=1S/C23H33N3O/c27-23(21-13-12-19-8-4-5-9-20(19)18-21)26-15-7-6-14-24-16-17-25-22-10-2-1-3-11-22/h4-5,8-9,12-13,18,22,24-25H,1-3,6-7,10-11,14-17H2,(H,26,27). The lowest BCUT2D eigenvalue weighted by Gasteiger charge is -2.22. The molecule has 0 spiro atoms. The lowest BCUT2D eigenvalue weighted by molar-refractivity contribution is 0.0953. The first-order valence-electron chi connectivity index (χ1n) is 10.5. The third kappa shape index (κ3) is 6.64. The van der Waals surface area contributed by atoms with Gasteiger partial charge in [-0.2, -0.15) is 0 Å². The molecule has 0 bridgehead atoms. The first kappa shape index (κ1) is 19.8. The predicted molar refractivity (Wildman–Crippen MR) is 113 cm³/mol. The van der Waals surface area contributed by atoms with Gasteiger partial charge in [0.1, 0.15) is 0 Å². The van der Waals surface area contributed by atoms with Crippen molar-refractivity contribution < 1.29 is 4.79 Å². The Morgan fingerprint density at radius 3 is 2.48 bits per heavy atom. The van der Waals surface area contributed by atoms with Crippen LogP contribution in [0.2, 0.25) is 0 Å². The first-order valence-corrected chi connectivity index (χ1v) is 10.5. The number of hydrogen-bond acceptors (Lipinski definition) is 3. The average Bonchev–Trinajstić information content (AvgIpc) is 2.72. The van der Waals surface area contributed by atoms with Crippen molar-refractivity contribution in [1.29, 1.82) is 0 Å². The van der Waals surface area contributed by atoms with Crippen molar-refractivity contribution in [2.24, 2.45) is 0 Å². The minimum absolute atomic E-state index is 0.0189. The molecule has 2 aromatic rings. The van der Waals surface area contributed by atoms with Crippen LogP contribution in [-0.2, 0) is 0 Å². The van der Waals surface area contributed by atoms with E-state index < -0.39 is 0 Å². The molecule has 4 nitrogen and oxygen atoms in total. The fourth-order valence-corrected chi connectivity index (χ4v) is 3.81. The van der Waals surface area contributed by atoms with Crippen LogP contribution in [0.1, 0.15) is 55.3 Å². The Morgan fingerprint density at radius 1 is 0.852 bits per heavy atom. The van der Waals surface area contributed by atoms with Gasteiger partial charge < -0.3 is 16.0 Å². The van der Waals surface area contributed by atoms with Gasteiger partial charge in [0.05, 0.1) is 0 Å². The summed E-state index contributed by atoms with van der Waals surface area (Å²) in [7, 11) is 0. The molecule has 1 aliphatic carbocycles. The lowest BCUT2D eigenvalue weighted by atomic mass is 9.95. The number of carbonyl (C=O) groups is 1. The molecule has 0 unspecified atom stereocenters. The molecule has 0 radical (unpaired) electrons. The normalized spacial score (nSPS) is 15.1. The van der Waals surface area contributed by atoms with Crippen LogP contribution >= 0.6 is 0 Å². The van der Waals surface area contributed by atoms with E-state index in [0.717, 1.165) is 61.4 Å². The van der Waals surface area contributed by atoms with Gasteiger partial charge >= 0.3 is 0 Å². The van der Waals surface area contributed by atoms with Crippen molar-refractivity contribution in [3.8, 4) is 0 Å². The van der Waals surface area contributed by atoms with Crippen LogP contribution in [0.25, 0.3) is 10.8 Å². The second-order valence-corrected chi connectivity index (χ2v) is 7.56. The smallest absolute Gasteiger partial charge is 0.251 e. The summed E-state index contributed by atoms with van der Waals surface area (Å²) in [5.41, 5.74) is 0.737. The molecule has 4 heteroatoms. The van der Waals surface area contributed by atoms with Gasteiger partial charge in [-0.25, -0.2) is 0 Å².